The summed E-state index contributed by atoms with van der Waals surface area (Å²) in [6.45, 7) is 3.14. The second-order valence-electron chi connectivity index (χ2n) is 5.21. The van der Waals surface area contributed by atoms with Gasteiger partial charge in [0.25, 0.3) is 11.6 Å². The highest BCUT2D eigenvalue weighted by atomic mass is 32.2. The molecule has 23 heavy (non-hydrogen) atoms. The zero-order valence-corrected chi connectivity index (χ0v) is 13.7. The van der Waals surface area contributed by atoms with Gasteiger partial charge in [-0.25, -0.2) is 4.98 Å². The van der Waals surface area contributed by atoms with Crippen molar-refractivity contribution in [1.29, 1.82) is 0 Å². The molecule has 0 saturated carbocycles. The molecule has 1 unspecified atom stereocenters. The van der Waals surface area contributed by atoms with Crippen molar-refractivity contribution in [3.63, 3.8) is 0 Å². The van der Waals surface area contributed by atoms with Crippen LogP contribution in [0.3, 0.4) is 0 Å². The largest absolute Gasteiger partial charge is 0.351 e. The number of amides is 1. The fourth-order valence-electron chi connectivity index (χ4n) is 2.16. The summed E-state index contributed by atoms with van der Waals surface area (Å²) in [5.41, 5.74) is -0.0840. The van der Waals surface area contributed by atoms with Gasteiger partial charge in [0.15, 0.2) is 0 Å². The lowest BCUT2D eigenvalue weighted by molar-refractivity contribution is -0.385. The Balaban J connectivity index is 2.03. The molecule has 1 amide bonds. The number of thioether (sulfide) groups is 1. The van der Waals surface area contributed by atoms with Crippen LogP contribution in [0.4, 0.5) is 5.69 Å². The van der Waals surface area contributed by atoms with Gasteiger partial charge in [-0.15, -0.1) is 11.8 Å². The van der Waals surface area contributed by atoms with Gasteiger partial charge < -0.3 is 9.88 Å². The van der Waals surface area contributed by atoms with Crippen molar-refractivity contribution in [3.05, 3.63) is 52.6 Å². The van der Waals surface area contributed by atoms with E-state index in [1.807, 2.05) is 23.9 Å². The van der Waals surface area contributed by atoms with E-state index in [2.05, 4.69) is 10.3 Å². The van der Waals surface area contributed by atoms with E-state index in [0.717, 1.165) is 4.90 Å². The molecule has 0 aliphatic rings. The summed E-state index contributed by atoms with van der Waals surface area (Å²) >= 11 is 1.44. The van der Waals surface area contributed by atoms with Crippen LogP contribution in [0, 0.1) is 16.0 Å². The molecule has 1 aromatic heterocycles. The summed E-state index contributed by atoms with van der Waals surface area (Å²) in [6.07, 6.45) is 7.12. The number of rotatable bonds is 7. The minimum Gasteiger partial charge on any atom is -0.351 e. The lowest BCUT2D eigenvalue weighted by atomic mass is 10.1. The molecule has 0 aliphatic heterocycles. The predicted molar refractivity (Wildman–Crippen MR) is 88.6 cm³/mol. The summed E-state index contributed by atoms with van der Waals surface area (Å²) in [7, 11) is 0. The third-order valence-electron chi connectivity index (χ3n) is 3.34. The summed E-state index contributed by atoms with van der Waals surface area (Å²) in [5.74, 6) is -0.249. The normalized spacial score (nSPS) is 11.9. The highest BCUT2D eigenvalue weighted by Crippen LogP contribution is 2.24. The van der Waals surface area contributed by atoms with Gasteiger partial charge in [0, 0.05) is 36.4 Å². The molecule has 0 bridgehead atoms. The van der Waals surface area contributed by atoms with E-state index in [-0.39, 0.29) is 17.2 Å². The molecule has 0 saturated heterocycles. The maximum atomic E-state index is 12.3. The molecule has 8 heteroatoms. The van der Waals surface area contributed by atoms with Crippen LogP contribution in [-0.2, 0) is 6.54 Å². The molecule has 122 valence electrons. The summed E-state index contributed by atoms with van der Waals surface area (Å²) in [6, 6.07) is 4.57. The molecule has 1 N–H and O–H groups in total. The van der Waals surface area contributed by atoms with Crippen LogP contribution in [0.2, 0.25) is 0 Å². The van der Waals surface area contributed by atoms with Crippen molar-refractivity contribution < 1.29 is 9.72 Å². The lowest BCUT2D eigenvalue weighted by Crippen LogP contribution is -2.30. The first-order chi connectivity index (χ1) is 11.0. The number of nitrogens with zero attached hydrogens (tertiary/aromatic N) is 3. The van der Waals surface area contributed by atoms with Crippen molar-refractivity contribution in [2.75, 3.05) is 12.8 Å². The fraction of sp³-hybridized carbons (Fsp3) is 0.333. The maximum Gasteiger partial charge on any atom is 0.282 e. The van der Waals surface area contributed by atoms with Gasteiger partial charge in [-0.05, 0) is 24.3 Å². The Hall–Kier alpha value is -2.35. The molecule has 1 aromatic carbocycles. The Labute approximate surface area is 138 Å². The van der Waals surface area contributed by atoms with Gasteiger partial charge in [0.05, 0.1) is 11.3 Å². The average Bonchev–Trinajstić information content (AvgIpc) is 3.04. The van der Waals surface area contributed by atoms with E-state index in [1.165, 1.54) is 17.8 Å². The number of imidazole rings is 1. The molecule has 7 nitrogen and oxygen atoms in total. The molecule has 0 aliphatic carbocycles. The Kier molecular flexibility index (Phi) is 5.75. The molecule has 0 spiro atoms. The third kappa shape index (κ3) is 4.56. The fourth-order valence-corrected chi connectivity index (χ4v) is 2.60. The first-order valence-corrected chi connectivity index (χ1v) is 8.30. The maximum absolute atomic E-state index is 12.3. The number of carbonyl (C=O) groups is 1. The predicted octanol–water partition coefficient (Wildman–Crippen LogP) is 2.58. The SMILES string of the molecule is CSc1ccc([N+](=O)[O-])c(C(=O)NCC(C)Cn2ccnc2)c1. The van der Waals surface area contributed by atoms with Crippen LogP contribution in [-0.4, -0.2) is 33.2 Å². The zero-order valence-electron chi connectivity index (χ0n) is 12.9. The van der Waals surface area contributed by atoms with Crippen molar-refractivity contribution in [2.24, 2.45) is 5.92 Å². The van der Waals surface area contributed by atoms with E-state index in [1.54, 1.807) is 24.7 Å². The summed E-state index contributed by atoms with van der Waals surface area (Å²) in [4.78, 5) is 27.6. The molecular weight excluding hydrogens is 316 g/mol. The lowest BCUT2D eigenvalue weighted by Gasteiger charge is -2.13. The Bertz CT molecular complexity index is 688. The standard InChI is InChI=1S/C15H18N4O3S/c1-11(9-18-6-5-16-10-18)8-17-15(20)13-7-12(23-2)3-4-14(13)19(21)22/h3-7,10-11H,8-9H2,1-2H3,(H,17,20). The molecule has 0 radical (unpaired) electrons. The van der Waals surface area contributed by atoms with E-state index in [9.17, 15) is 14.9 Å². The Morgan fingerprint density at radius 2 is 2.30 bits per heavy atom. The van der Waals surface area contributed by atoms with Crippen molar-refractivity contribution in [3.8, 4) is 0 Å². The highest BCUT2D eigenvalue weighted by Gasteiger charge is 2.20. The minimum atomic E-state index is -0.534. The summed E-state index contributed by atoms with van der Waals surface area (Å²) < 4.78 is 1.92. The van der Waals surface area contributed by atoms with Crippen LogP contribution in [0.5, 0.6) is 0 Å². The topological polar surface area (TPSA) is 90.1 Å². The molecule has 2 aromatic rings. The van der Waals surface area contributed by atoms with Crippen LogP contribution in [0.1, 0.15) is 17.3 Å². The second-order valence-corrected chi connectivity index (χ2v) is 6.09. The number of nitro groups is 1. The second kappa shape index (κ2) is 7.77. The van der Waals surface area contributed by atoms with Gasteiger partial charge in [-0.3, -0.25) is 14.9 Å². The van der Waals surface area contributed by atoms with E-state index >= 15 is 0 Å². The molecule has 1 atom stereocenters. The van der Waals surface area contributed by atoms with Crippen LogP contribution in [0.25, 0.3) is 0 Å². The smallest absolute Gasteiger partial charge is 0.282 e. The van der Waals surface area contributed by atoms with Crippen LogP contribution >= 0.6 is 11.8 Å². The van der Waals surface area contributed by atoms with E-state index < -0.39 is 10.8 Å². The molecular formula is C15H18N4O3S. The van der Waals surface area contributed by atoms with Gasteiger partial charge in [0.2, 0.25) is 0 Å². The van der Waals surface area contributed by atoms with E-state index in [4.69, 9.17) is 0 Å². The minimum absolute atomic E-state index is 0.0941. The molecule has 0 fully saturated rings. The highest BCUT2D eigenvalue weighted by molar-refractivity contribution is 7.98. The first kappa shape index (κ1) is 17.0. The van der Waals surface area contributed by atoms with Crippen molar-refractivity contribution in [2.45, 2.75) is 18.4 Å². The third-order valence-corrected chi connectivity index (χ3v) is 4.06. The number of nitrogens with one attached hydrogen (secondary N) is 1. The zero-order chi connectivity index (χ0) is 16.8. The monoisotopic (exact) mass is 334 g/mol. The van der Waals surface area contributed by atoms with E-state index in [0.29, 0.717) is 13.1 Å². The van der Waals surface area contributed by atoms with Gasteiger partial charge in [-0.2, -0.15) is 0 Å². The Morgan fingerprint density at radius 3 is 2.91 bits per heavy atom. The van der Waals surface area contributed by atoms with Crippen LogP contribution < -0.4 is 5.32 Å². The average molecular weight is 334 g/mol. The van der Waals surface area contributed by atoms with Crippen LogP contribution in [0.15, 0.2) is 41.8 Å². The van der Waals surface area contributed by atoms with Crippen molar-refractivity contribution >= 4 is 23.4 Å². The number of hydrogen-bond acceptors (Lipinski definition) is 5. The number of nitro benzene ring substituents is 1. The number of carbonyl (C=O) groups excluding carboxylic acids is 1. The quantitative estimate of drug-likeness (QED) is 0.477. The van der Waals surface area contributed by atoms with Gasteiger partial charge in [0.1, 0.15) is 5.56 Å². The van der Waals surface area contributed by atoms with Gasteiger partial charge in [-0.1, -0.05) is 6.92 Å². The molecule has 1 heterocycles. The van der Waals surface area contributed by atoms with Gasteiger partial charge >= 0.3 is 0 Å². The number of benzene rings is 1. The Morgan fingerprint density at radius 1 is 1.52 bits per heavy atom. The summed E-state index contributed by atoms with van der Waals surface area (Å²) in [5, 5.41) is 13.9. The number of aromatic nitrogens is 2. The van der Waals surface area contributed by atoms with Crippen molar-refractivity contribution in [1.82, 2.24) is 14.9 Å². The first-order valence-electron chi connectivity index (χ1n) is 7.07. The number of hydrogen-bond donors (Lipinski definition) is 1. The molecule has 2 rings (SSSR count).